The number of hydrogen-bond donors (Lipinski definition) is 0. The zero-order valence-electron chi connectivity index (χ0n) is 8.17. The van der Waals surface area contributed by atoms with Gasteiger partial charge in [0.15, 0.2) is 0 Å². The van der Waals surface area contributed by atoms with Crippen LogP contribution in [0.3, 0.4) is 0 Å². The fraction of sp³-hybridized carbons (Fsp3) is 0.364. The van der Waals surface area contributed by atoms with E-state index in [1.54, 1.807) is 0 Å². The molecule has 15 heavy (non-hydrogen) atoms. The van der Waals surface area contributed by atoms with E-state index in [1.165, 1.54) is 7.11 Å². The van der Waals surface area contributed by atoms with Crippen molar-refractivity contribution >= 4 is 33.5 Å². The maximum Gasteiger partial charge on any atom is 0.309 e. The Kier molecular flexibility index (Phi) is 3.03. The molecule has 0 bridgehead atoms. The van der Waals surface area contributed by atoms with E-state index in [0.29, 0.717) is 5.02 Å². The molecule has 2 unspecified atom stereocenters. The third kappa shape index (κ3) is 2.34. The van der Waals surface area contributed by atoms with Crippen molar-refractivity contribution in [3.63, 3.8) is 0 Å². The number of methoxy groups -OCH3 is 1. The highest BCUT2D eigenvalue weighted by Crippen LogP contribution is 2.49. The largest absolute Gasteiger partial charge is 0.469 e. The summed E-state index contributed by atoms with van der Waals surface area (Å²) < 4.78 is 5.65. The van der Waals surface area contributed by atoms with Crippen molar-refractivity contribution in [1.82, 2.24) is 0 Å². The predicted molar refractivity (Wildman–Crippen MR) is 62.0 cm³/mol. The smallest absolute Gasteiger partial charge is 0.309 e. The Hall–Kier alpha value is -0.540. The van der Waals surface area contributed by atoms with E-state index in [1.807, 2.05) is 18.2 Å². The summed E-state index contributed by atoms with van der Waals surface area (Å²) in [6, 6.07) is 5.74. The average molecular weight is 290 g/mol. The highest BCUT2D eigenvalue weighted by molar-refractivity contribution is 9.10. The Balaban J connectivity index is 2.16. The average Bonchev–Trinajstić information content (AvgIpc) is 2.94. The van der Waals surface area contributed by atoms with Crippen LogP contribution in [0.25, 0.3) is 0 Å². The van der Waals surface area contributed by atoms with Gasteiger partial charge >= 0.3 is 5.97 Å². The number of benzene rings is 1. The maximum atomic E-state index is 11.3. The van der Waals surface area contributed by atoms with Gasteiger partial charge in [-0.3, -0.25) is 4.79 Å². The first-order valence-corrected chi connectivity index (χ1v) is 5.82. The summed E-state index contributed by atoms with van der Waals surface area (Å²) in [5.41, 5.74) is 1.10. The first-order valence-electron chi connectivity index (χ1n) is 4.65. The van der Waals surface area contributed by atoms with Gasteiger partial charge in [0.25, 0.3) is 0 Å². The molecule has 4 heteroatoms. The molecule has 80 valence electrons. The van der Waals surface area contributed by atoms with E-state index in [9.17, 15) is 4.79 Å². The van der Waals surface area contributed by atoms with Gasteiger partial charge in [-0.2, -0.15) is 0 Å². The quantitative estimate of drug-likeness (QED) is 0.780. The number of carbonyl (C=O) groups is 1. The third-order valence-corrected chi connectivity index (χ3v) is 3.28. The molecule has 0 aromatic heterocycles. The molecule has 2 rings (SSSR count). The Morgan fingerprint density at radius 2 is 2.27 bits per heavy atom. The van der Waals surface area contributed by atoms with Gasteiger partial charge in [0.2, 0.25) is 0 Å². The minimum atomic E-state index is -0.129. The van der Waals surface area contributed by atoms with Gasteiger partial charge in [-0.15, -0.1) is 0 Å². The van der Waals surface area contributed by atoms with Crippen molar-refractivity contribution in [1.29, 1.82) is 0 Å². The lowest BCUT2D eigenvalue weighted by Crippen LogP contribution is -2.03. The van der Waals surface area contributed by atoms with Crippen LogP contribution in [-0.2, 0) is 9.53 Å². The normalized spacial score (nSPS) is 23.7. The molecule has 0 spiro atoms. The number of carbonyl (C=O) groups excluding carboxylic acids is 1. The lowest BCUT2D eigenvalue weighted by atomic mass is 10.1. The van der Waals surface area contributed by atoms with Gasteiger partial charge in [-0.25, -0.2) is 0 Å². The van der Waals surface area contributed by atoms with Crippen molar-refractivity contribution < 1.29 is 9.53 Å². The molecule has 1 aromatic rings. The molecule has 1 fully saturated rings. The zero-order valence-corrected chi connectivity index (χ0v) is 10.5. The second kappa shape index (κ2) is 4.14. The van der Waals surface area contributed by atoms with E-state index in [0.717, 1.165) is 16.5 Å². The second-order valence-electron chi connectivity index (χ2n) is 3.67. The van der Waals surface area contributed by atoms with Crippen molar-refractivity contribution in [2.75, 3.05) is 7.11 Å². The Morgan fingerprint density at radius 1 is 1.53 bits per heavy atom. The number of rotatable bonds is 2. The summed E-state index contributed by atoms with van der Waals surface area (Å²) in [5.74, 6) is 0.156. The van der Waals surface area contributed by atoms with Gasteiger partial charge in [-0.1, -0.05) is 27.5 Å². The fourth-order valence-corrected chi connectivity index (χ4v) is 2.65. The highest BCUT2D eigenvalue weighted by Gasteiger charge is 2.45. The predicted octanol–water partition coefficient (Wildman–Crippen LogP) is 3.38. The molecule has 1 saturated carbocycles. The van der Waals surface area contributed by atoms with Crippen LogP contribution in [0.1, 0.15) is 17.9 Å². The Bertz CT molecular complexity index is 385. The van der Waals surface area contributed by atoms with Crippen LogP contribution in [0.2, 0.25) is 5.02 Å². The zero-order chi connectivity index (χ0) is 11.0. The van der Waals surface area contributed by atoms with E-state index in [-0.39, 0.29) is 17.8 Å². The van der Waals surface area contributed by atoms with Crippen molar-refractivity contribution in [2.24, 2.45) is 5.92 Å². The van der Waals surface area contributed by atoms with E-state index < -0.39 is 0 Å². The molecule has 0 heterocycles. The fourth-order valence-electron chi connectivity index (χ4n) is 1.76. The molecule has 2 atom stereocenters. The molecular formula is C11H10BrClO2. The molecule has 0 saturated heterocycles. The summed E-state index contributed by atoms with van der Waals surface area (Å²) in [6.07, 6.45) is 0.861. The number of esters is 1. The molecule has 0 N–H and O–H groups in total. The van der Waals surface area contributed by atoms with Crippen molar-refractivity contribution in [2.45, 2.75) is 12.3 Å². The van der Waals surface area contributed by atoms with Gasteiger partial charge < -0.3 is 4.74 Å². The molecule has 2 nitrogen and oxygen atoms in total. The van der Waals surface area contributed by atoms with E-state index in [2.05, 4.69) is 15.9 Å². The van der Waals surface area contributed by atoms with E-state index >= 15 is 0 Å². The highest BCUT2D eigenvalue weighted by atomic mass is 79.9. The van der Waals surface area contributed by atoms with Crippen LogP contribution in [-0.4, -0.2) is 13.1 Å². The van der Waals surface area contributed by atoms with Gasteiger partial charge in [0, 0.05) is 9.50 Å². The van der Waals surface area contributed by atoms with Gasteiger partial charge in [0.05, 0.1) is 13.0 Å². The summed E-state index contributed by atoms with van der Waals surface area (Å²) >= 11 is 9.32. The molecule has 1 aliphatic rings. The lowest BCUT2D eigenvalue weighted by Gasteiger charge is -2.02. The standard InChI is InChI=1S/C11H10BrClO2/c1-15-11(14)10-5-9(10)6-2-7(12)4-8(13)3-6/h2-4,9-10H,5H2,1H3. The summed E-state index contributed by atoms with van der Waals surface area (Å²) in [4.78, 5) is 11.3. The van der Waals surface area contributed by atoms with Gasteiger partial charge in [0.1, 0.15) is 0 Å². The minimum Gasteiger partial charge on any atom is -0.469 e. The van der Waals surface area contributed by atoms with Crippen LogP contribution in [0, 0.1) is 5.92 Å². The number of hydrogen-bond acceptors (Lipinski definition) is 2. The number of ether oxygens (including phenoxy) is 1. The molecule has 0 radical (unpaired) electrons. The maximum absolute atomic E-state index is 11.3. The first-order chi connectivity index (χ1) is 7.11. The third-order valence-electron chi connectivity index (χ3n) is 2.61. The second-order valence-corrected chi connectivity index (χ2v) is 5.03. The van der Waals surface area contributed by atoms with Crippen LogP contribution >= 0.6 is 27.5 Å². The molecule has 1 aromatic carbocycles. The molecule has 0 aliphatic heterocycles. The summed E-state index contributed by atoms with van der Waals surface area (Å²) in [6.45, 7) is 0. The SMILES string of the molecule is COC(=O)C1CC1c1cc(Cl)cc(Br)c1. The van der Waals surface area contributed by atoms with Crippen molar-refractivity contribution in [3.8, 4) is 0 Å². The van der Waals surface area contributed by atoms with Gasteiger partial charge in [-0.05, 0) is 36.1 Å². The van der Waals surface area contributed by atoms with Crippen LogP contribution in [0.15, 0.2) is 22.7 Å². The molecule has 1 aliphatic carbocycles. The molecule has 0 amide bonds. The van der Waals surface area contributed by atoms with E-state index in [4.69, 9.17) is 16.3 Å². The van der Waals surface area contributed by atoms with Crippen LogP contribution in [0.4, 0.5) is 0 Å². The first kappa shape index (κ1) is 11.0. The summed E-state index contributed by atoms with van der Waals surface area (Å²) in [5, 5.41) is 0.690. The number of halogens is 2. The van der Waals surface area contributed by atoms with Crippen LogP contribution < -0.4 is 0 Å². The Labute approximate surface area is 102 Å². The lowest BCUT2D eigenvalue weighted by molar-refractivity contribution is -0.142. The van der Waals surface area contributed by atoms with Crippen LogP contribution in [0.5, 0.6) is 0 Å². The Morgan fingerprint density at radius 3 is 2.87 bits per heavy atom. The molecular weight excluding hydrogens is 279 g/mol. The monoisotopic (exact) mass is 288 g/mol. The minimum absolute atomic E-state index is 0.0142. The van der Waals surface area contributed by atoms with Crippen molar-refractivity contribution in [3.05, 3.63) is 33.3 Å². The topological polar surface area (TPSA) is 26.3 Å². The summed E-state index contributed by atoms with van der Waals surface area (Å²) in [7, 11) is 1.42.